The highest BCUT2D eigenvalue weighted by atomic mass is 32.2. The summed E-state index contributed by atoms with van der Waals surface area (Å²) in [5.74, 6) is 0.695. The topological polar surface area (TPSA) is 45.1 Å². The molecule has 3 nitrogen and oxygen atoms in total. The molecular weight excluding hydrogens is 275 g/mol. The van der Waals surface area contributed by atoms with Gasteiger partial charge in [-0.1, -0.05) is 6.07 Å². The number of pyridine rings is 1. The van der Waals surface area contributed by atoms with Gasteiger partial charge in [-0.25, -0.2) is 4.39 Å². The van der Waals surface area contributed by atoms with Gasteiger partial charge in [-0.2, -0.15) is 11.8 Å². The van der Waals surface area contributed by atoms with Crippen molar-refractivity contribution < 1.29 is 9.50 Å². The minimum atomic E-state index is -0.243. The second-order valence-corrected chi connectivity index (χ2v) is 5.56. The molecule has 0 bridgehead atoms. The molecule has 1 atom stereocenters. The molecule has 2 N–H and O–H groups in total. The molecule has 20 heavy (non-hydrogen) atoms. The smallest absolute Gasteiger partial charge is 0.132 e. The van der Waals surface area contributed by atoms with E-state index in [9.17, 15) is 4.39 Å². The number of aromatic nitrogens is 1. The van der Waals surface area contributed by atoms with Gasteiger partial charge in [0.15, 0.2) is 0 Å². The van der Waals surface area contributed by atoms with Crippen LogP contribution in [0.5, 0.6) is 0 Å². The molecule has 0 saturated carbocycles. The summed E-state index contributed by atoms with van der Waals surface area (Å²) in [6.07, 6.45) is 4.44. The number of hydrogen-bond acceptors (Lipinski definition) is 4. The number of aliphatic hydroxyl groups excluding tert-OH is 1. The lowest BCUT2D eigenvalue weighted by Crippen LogP contribution is -2.31. The maximum atomic E-state index is 13.7. The predicted molar refractivity (Wildman–Crippen MR) is 82.4 cm³/mol. The number of hydrogen-bond donors (Lipinski definition) is 2. The van der Waals surface area contributed by atoms with Crippen molar-refractivity contribution in [2.75, 3.05) is 18.6 Å². The fraction of sp³-hybridized carbons (Fsp3) is 0.400. The van der Waals surface area contributed by atoms with E-state index < -0.39 is 0 Å². The van der Waals surface area contributed by atoms with E-state index in [2.05, 4.69) is 10.3 Å². The van der Waals surface area contributed by atoms with Crippen molar-refractivity contribution in [1.82, 2.24) is 10.3 Å². The van der Waals surface area contributed by atoms with Crippen molar-refractivity contribution >= 4 is 22.7 Å². The van der Waals surface area contributed by atoms with Gasteiger partial charge < -0.3 is 10.4 Å². The number of aliphatic hydroxyl groups is 1. The quantitative estimate of drug-likeness (QED) is 0.824. The molecule has 0 aliphatic rings. The maximum absolute atomic E-state index is 13.7. The average molecular weight is 294 g/mol. The first kappa shape index (κ1) is 15.2. The van der Waals surface area contributed by atoms with Gasteiger partial charge in [0.05, 0.1) is 5.52 Å². The molecule has 0 aliphatic carbocycles. The molecule has 1 aromatic heterocycles. The van der Waals surface area contributed by atoms with E-state index in [0.717, 1.165) is 11.3 Å². The SMILES string of the molecule is CSCC(CCO)NCc1ccc(F)c2cccnc12. The van der Waals surface area contributed by atoms with Crippen LogP contribution in [0.2, 0.25) is 0 Å². The van der Waals surface area contributed by atoms with Crippen molar-refractivity contribution in [3.05, 3.63) is 41.8 Å². The van der Waals surface area contributed by atoms with Crippen LogP contribution < -0.4 is 5.32 Å². The molecule has 108 valence electrons. The fourth-order valence-electron chi connectivity index (χ4n) is 2.19. The van der Waals surface area contributed by atoms with E-state index >= 15 is 0 Å². The Balaban J connectivity index is 2.15. The first-order valence-electron chi connectivity index (χ1n) is 6.61. The summed E-state index contributed by atoms with van der Waals surface area (Å²) in [5, 5.41) is 13.0. The van der Waals surface area contributed by atoms with Gasteiger partial charge >= 0.3 is 0 Å². The van der Waals surface area contributed by atoms with Crippen LogP contribution in [-0.2, 0) is 6.54 Å². The van der Waals surface area contributed by atoms with E-state index in [0.29, 0.717) is 23.9 Å². The lowest BCUT2D eigenvalue weighted by Gasteiger charge is -2.17. The molecular formula is C15H19FN2OS. The van der Waals surface area contributed by atoms with Gasteiger partial charge in [-0.05, 0) is 36.4 Å². The summed E-state index contributed by atoms with van der Waals surface area (Å²) >= 11 is 1.74. The zero-order valence-electron chi connectivity index (χ0n) is 11.5. The predicted octanol–water partition coefficient (Wildman–Crippen LogP) is 2.58. The molecule has 1 unspecified atom stereocenters. The Hall–Kier alpha value is -1.17. The number of rotatable bonds is 7. The van der Waals surface area contributed by atoms with Gasteiger partial charge in [0, 0.05) is 36.5 Å². The normalized spacial score (nSPS) is 12.8. The van der Waals surface area contributed by atoms with E-state index in [1.807, 2.05) is 6.26 Å². The number of nitrogens with zero attached hydrogens (tertiary/aromatic N) is 1. The third kappa shape index (κ3) is 3.69. The van der Waals surface area contributed by atoms with Crippen molar-refractivity contribution in [3.8, 4) is 0 Å². The van der Waals surface area contributed by atoms with Crippen LogP contribution >= 0.6 is 11.8 Å². The molecule has 1 heterocycles. The van der Waals surface area contributed by atoms with Crippen LogP contribution in [0.3, 0.4) is 0 Å². The summed E-state index contributed by atoms with van der Waals surface area (Å²) in [6, 6.07) is 6.99. The maximum Gasteiger partial charge on any atom is 0.132 e. The van der Waals surface area contributed by atoms with Gasteiger partial charge in [0.1, 0.15) is 5.82 Å². The highest BCUT2D eigenvalue weighted by Crippen LogP contribution is 2.19. The average Bonchev–Trinajstić information content (AvgIpc) is 2.47. The third-order valence-corrected chi connectivity index (χ3v) is 3.96. The molecule has 0 radical (unpaired) electrons. The van der Waals surface area contributed by atoms with Crippen LogP contribution in [0.25, 0.3) is 10.9 Å². The lowest BCUT2D eigenvalue weighted by atomic mass is 10.1. The first-order valence-corrected chi connectivity index (χ1v) is 8.01. The fourth-order valence-corrected chi connectivity index (χ4v) is 2.88. The van der Waals surface area contributed by atoms with E-state index in [1.165, 1.54) is 6.07 Å². The second kappa shape index (κ2) is 7.57. The Morgan fingerprint density at radius 1 is 1.40 bits per heavy atom. The number of halogens is 1. The van der Waals surface area contributed by atoms with E-state index in [4.69, 9.17) is 5.11 Å². The largest absolute Gasteiger partial charge is 0.396 e. The molecule has 0 saturated heterocycles. The molecule has 2 aromatic rings. The Morgan fingerprint density at radius 3 is 3.00 bits per heavy atom. The van der Waals surface area contributed by atoms with Crippen LogP contribution in [0.15, 0.2) is 30.5 Å². The van der Waals surface area contributed by atoms with Crippen molar-refractivity contribution in [1.29, 1.82) is 0 Å². The van der Waals surface area contributed by atoms with Crippen molar-refractivity contribution in [3.63, 3.8) is 0 Å². The second-order valence-electron chi connectivity index (χ2n) is 4.65. The molecule has 0 amide bonds. The Morgan fingerprint density at radius 2 is 2.25 bits per heavy atom. The monoisotopic (exact) mass is 294 g/mol. The molecule has 5 heteroatoms. The number of thioether (sulfide) groups is 1. The minimum Gasteiger partial charge on any atom is -0.396 e. The van der Waals surface area contributed by atoms with Gasteiger partial charge in [-0.3, -0.25) is 4.98 Å². The van der Waals surface area contributed by atoms with Crippen molar-refractivity contribution in [2.24, 2.45) is 0 Å². The van der Waals surface area contributed by atoms with E-state index in [-0.39, 0.29) is 18.5 Å². The highest BCUT2D eigenvalue weighted by Gasteiger charge is 2.10. The van der Waals surface area contributed by atoms with Gasteiger partial charge in [0.25, 0.3) is 0 Å². The molecule has 2 rings (SSSR count). The van der Waals surface area contributed by atoms with Gasteiger partial charge in [-0.15, -0.1) is 0 Å². The minimum absolute atomic E-state index is 0.167. The summed E-state index contributed by atoms with van der Waals surface area (Å²) in [7, 11) is 0. The van der Waals surface area contributed by atoms with Crippen LogP contribution in [-0.4, -0.2) is 34.7 Å². The molecule has 0 aliphatic heterocycles. The Kier molecular flexibility index (Phi) is 5.76. The zero-order valence-corrected chi connectivity index (χ0v) is 12.3. The zero-order chi connectivity index (χ0) is 14.4. The van der Waals surface area contributed by atoms with E-state index in [1.54, 1.807) is 36.2 Å². The summed E-state index contributed by atoms with van der Waals surface area (Å²) in [6.45, 7) is 0.791. The number of nitrogens with one attached hydrogen (secondary N) is 1. The molecule has 1 aromatic carbocycles. The third-order valence-electron chi connectivity index (χ3n) is 3.23. The standard InChI is InChI=1S/C15H19FN2OS/c1-20-10-12(6-8-19)18-9-11-4-5-14(16)13-3-2-7-17-15(11)13/h2-5,7,12,18-19H,6,8-10H2,1H3. The highest BCUT2D eigenvalue weighted by molar-refractivity contribution is 7.98. The summed E-state index contributed by atoms with van der Waals surface area (Å²) < 4.78 is 13.7. The van der Waals surface area contributed by atoms with Crippen LogP contribution in [0, 0.1) is 5.82 Å². The number of benzene rings is 1. The van der Waals surface area contributed by atoms with Crippen LogP contribution in [0.4, 0.5) is 4.39 Å². The van der Waals surface area contributed by atoms with Crippen LogP contribution in [0.1, 0.15) is 12.0 Å². The van der Waals surface area contributed by atoms with Crippen molar-refractivity contribution in [2.45, 2.75) is 19.0 Å². The summed E-state index contributed by atoms with van der Waals surface area (Å²) in [5.41, 5.74) is 1.68. The number of fused-ring (bicyclic) bond motifs is 1. The lowest BCUT2D eigenvalue weighted by molar-refractivity contribution is 0.270. The van der Waals surface area contributed by atoms with Gasteiger partial charge in [0.2, 0.25) is 0 Å². The summed E-state index contributed by atoms with van der Waals surface area (Å²) in [4.78, 5) is 4.28. The molecule has 0 spiro atoms. The Bertz CT molecular complexity index is 559. The first-order chi connectivity index (χ1) is 9.76. The molecule has 0 fully saturated rings. The Labute approximate surface area is 122 Å².